The van der Waals surface area contributed by atoms with Crippen LogP contribution in [-0.2, 0) is 6.54 Å². The van der Waals surface area contributed by atoms with E-state index in [-0.39, 0.29) is 11.8 Å². The lowest BCUT2D eigenvalue weighted by Crippen LogP contribution is -2.26. The van der Waals surface area contributed by atoms with Crippen LogP contribution in [-0.4, -0.2) is 45.6 Å². The van der Waals surface area contributed by atoms with Crippen LogP contribution in [0.3, 0.4) is 0 Å². The molecule has 0 bridgehead atoms. The smallest absolute Gasteiger partial charge is 0.253 e. The maximum Gasteiger partial charge on any atom is 0.253 e. The number of thioether (sulfide) groups is 1. The molecule has 1 fully saturated rings. The number of hydrogen-bond acceptors (Lipinski definition) is 4. The number of carbonyl (C=O) groups excluding carboxylic acids is 2. The van der Waals surface area contributed by atoms with Gasteiger partial charge in [0.25, 0.3) is 11.8 Å². The molecule has 1 heterocycles. The number of carbonyl (C=O) groups is 2. The number of imidazole rings is 1. The van der Waals surface area contributed by atoms with E-state index in [1.54, 1.807) is 29.9 Å². The molecule has 0 radical (unpaired) electrons. The van der Waals surface area contributed by atoms with Crippen molar-refractivity contribution in [1.29, 1.82) is 0 Å². The first-order valence-corrected chi connectivity index (χ1v) is 11.1. The predicted octanol–water partition coefficient (Wildman–Crippen LogP) is 3.76. The molecule has 0 unspecified atom stereocenters. The lowest BCUT2D eigenvalue weighted by molar-refractivity contribution is 0.0784. The van der Waals surface area contributed by atoms with Gasteiger partial charge in [0, 0.05) is 48.8 Å². The molecule has 1 saturated carbocycles. The van der Waals surface area contributed by atoms with E-state index < -0.39 is 0 Å². The van der Waals surface area contributed by atoms with Crippen LogP contribution in [0.1, 0.15) is 39.1 Å². The summed E-state index contributed by atoms with van der Waals surface area (Å²) in [6.07, 6.45) is 7.79. The van der Waals surface area contributed by atoms with Crippen LogP contribution in [0.2, 0.25) is 0 Å². The van der Waals surface area contributed by atoms with Crippen LogP contribution in [0.25, 0.3) is 5.69 Å². The van der Waals surface area contributed by atoms with Gasteiger partial charge in [-0.3, -0.25) is 14.2 Å². The van der Waals surface area contributed by atoms with Gasteiger partial charge in [-0.05, 0) is 61.1 Å². The van der Waals surface area contributed by atoms with Gasteiger partial charge in [0.1, 0.15) is 0 Å². The fourth-order valence-corrected chi connectivity index (χ4v) is 3.76. The summed E-state index contributed by atoms with van der Waals surface area (Å²) in [5.74, 6) is -0.0797. The standard InChI is InChI=1S/C23H24N4O2S/c1-26(15-16-3-5-17(6-4-16)21(28)25-19-9-10-19)22(29)18-7-11-20(12-8-18)27-14-13-24-23(27)30-2/h3-8,11-14,19H,9-10,15H2,1-2H3,(H,25,28). The van der Waals surface area contributed by atoms with Gasteiger partial charge in [0.2, 0.25) is 0 Å². The van der Waals surface area contributed by atoms with Gasteiger partial charge in [-0.1, -0.05) is 23.9 Å². The fourth-order valence-electron chi connectivity index (χ4n) is 3.23. The first-order valence-electron chi connectivity index (χ1n) is 9.88. The molecule has 30 heavy (non-hydrogen) atoms. The van der Waals surface area contributed by atoms with Gasteiger partial charge < -0.3 is 10.2 Å². The van der Waals surface area contributed by atoms with E-state index in [9.17, 15) is 9.59 Å². The highest BCUT2D eigenvalue weighted by molar-refractivity contribution is 7.98. The molecule has 0 saturated heterocycles. The molecule has 3 aromatic rings. The Kier molecular flexibility index (Phi) is 5.90. The van der Waals surface area contributed by atoms with E-state index in [4.69, 9.17) is 0 Å². The van der Waals surface area contributed by atoms with Crippen LogP contribution in [0, 0.1) is 0 Å². The van der Waals surface area contributed by atoms with Crippen LogP contribution in [0.15, 0.2) is 66.1 Å². The minimum absolute atomic E-state index is 0.0314. The third-order valence-electron chi connectivity index (χ3n) is 5.08. The van der Waals surface area contributed by atoms with E-state index in [0.717, 1.165) is 29.2 Å². The van der Waals surface area contributed by atoms with Crippen LogP contribution in [0.5, 0.6) is 0 Å². The van der Waals surface area contributed by atoms with E-state index in [0.29, 0.717) is 23.7 Å². The average Bonchev–Trinajstić information content (AvgIpc) is 3.46. The van der Waals surface area contributed by atoms with Crippen molar-refractivity contribution in [3.05, 3.63) is 77.6 Å². The minimum atomic E-state index is -0.0483. The highest BCUT2D eigenvalue weighted by Crippen LogP contribution is 2.20. The summed E-state index contributed by atoms with van der Waals surface area (Å²) >= 11 is 1.57. The molecule has 0 aliphatic heterocycles. The minimum Gasteiger partial charge on any atom is -0.349 e. The molecule has 0 atom stereocenters. The number of nitrogens with one attached hydrogen (secondary N) is 1. The second-order valence-electron chi connectivity index (χ2n) is 7.44. The van der Waals surface area contributed by atoms with Crippen molar-refractivity contribution in [3.8, 4) is 5.69 Å². The van der Waals surface area contributed by atoms with Gasteiger partial charge in [-0.15, -0.1) is 0 Å². The molecule has 1 aromatic heterocycles. The Bertz CT molecular complexity index is 1040. The summed E-state index contributed by atoms with van der Waals surface area (Å²) in [6.45, 7) is 0.475. The molecule has 2 aromatic carbocycles. The summed E-state index contributed by atoms with van der Waals surface area (Å²) in [4.78, 5) is 30.9. The first-order chi connectivity index (χ1) is 14.5. The Labute approximate surface area is 180 Å². The molecule has 6 nitrogen and oxygen atoms in total. The van der Waals surface area contributed by atoms with Crippen molar-refractivity contribution < 1.29 is 9.59 Å². The summed E-state index contributed by atoms with van der Waals surface area (Å²) in [5, 5.41) is 3.88. The monoisotopic (exact) mass is 420 g/mol. The van der Waals surface area contributed by atoms with E-state index >= 15 is 0 Å². The van der Waals surface area contributed by atoms with Gasteiger partial charge >= 0.3 is 0 Å². The second kappa shape index (κ2) is 8.75. The Morgan fingerprint density at radius 3 is 2.40 bits per heavy atom. The first kappa shape index (κ1) is 20.2. The third-order valence-corrected chi connectivity index (χ3v) is 5.74. The Morgan fingerprint density at radius 2 is 1.77 bits per heavy atom. The van der Waals surface area contributed by atoms with Gasteiger partial charge in [0.15, 0.2) is 5.16 Å². The maximum absolute atomic E-state index is 12.8. The third kappa shape index (κ3) is 4.57. The van der Waals surface area contributed by atoms with Crippen molar-refractivity contribution in [2.24, 2.45) is 0 Å². The highest BCUT2D eigenvalue weighted by atomic mass is 32.2. The summed E-state index contributed by atoms with van der Waals surface area (Å²) < 4.78 is 1.99. The molecular formula is C23H24N4O2S. The lowest BCUT2D eigenvalue weighted by atomic mass is 10.1. The maximum atomic E-state index is 12.8. The van der Waals surface area contributed by atoms with E-state index in [1.165, 1.54) is 0 Å². The summed E-state index contributed by atoms with van der Waals surface area (Å²) in [5.41, 5.74) is 3.23. The molecule has 154 valence electrons. The van der Waals surface area contributed by atoms with Crippen LogP contribution < -0.4 is 5.32 Å². The summed E-state index contributed by atoms with van der Waals surface area (Å²) in [7, 11) is 1.78. The zero-order valence-corrected chi connectivity index (χ0v) is 17.9. The van der Waals surface area contributed by atoms with Crippen molar-refractivity contribution in [2.45, 2.75) is 30.6 Å². The topological polar surface area (TPSA) is 67.2 Å². The fraction of sp³-hybridized carbons (Fsp3) is 0.261. The molecule has 0 spiro atoms. The van der Waals surface area contributed by atoms with Crippen molar-refractivity contribution in [1.82, 2.24) is 19.8 Å². The molecule has 1 aliphatic rings. The highest BCUT2D eigenvalue weighted by Gasteiger charge is 2.23. The van der Waals surface area contributed by atoms with E-state index in [2.05, 4.69) is 10.3 Å². The Balaban J connectivity index is 1.39. The molecule has 1 aliphatic carbocycles. The molecule has 1 N–H and O–H groups in total. The number of hydrogen-bond donors (Lipinski definition) is 1. The normalized spacial score (nSPS) is 13.1. The van der Waals surface area contributed by atoms with Crippen molar-refractivity contribution in [2.75, 3.05) is 13.3 Å². The van der Waals surface area contributed by atoms with E-state index in [1.807, 2.05) is 65.6 Å². The van der Waals surface area contributed by atoms with Crippen molar-refractivity contribution >= 4 is 23.6 Å². The lowest BCUT2D eigenvalue weighted by Gasteiger charge is -2.18. The van der Waals surface area contributed by atoms with Gasteiger partial charge in [-0.25, -0.2) is 4.98 Å². The quantitative estimate of drug-likeness (QED) is 0.591. The predicted molar refractivity (Wildman–Crippen MR) is 118 cm³/mol. The summed E-state index contributed by atoms with van der Waals surface area (Å²) in [6, 6.07) is 15.3. The van der Waals surface area contributed by atoms with Gasteiger partial charge in [-0.2, -0.15) is 0 Å². The number of benzene rings is 2. The Morgan fingerprint density at radius 1 is 1.10 bits per heavy atom. The Hall–Kier alpha value is -3.06. The van der Waals surface area contributed by atoms with Crippen LogP contribution >= 0.6 is 11.8 Å². The molecule has 4 rings (SSSR count). The zero-order valence-electron chi connectivity index (χ0n) is 17.0. The molecule has 2 amide bonds. The number of aromatic nitrogens is 2. The average molecular weight is 421 g/mol. The second-order valence-corrected chi connectivity index (χ2v) is 8.21. The zero-order chi connectivity index (χ0) is 21.1. The largest absolute Gasteiger partial charge is 0.349 e. The number of nitrogens with zero attached hydrogens (tertiary/aromatic N) is 3. The van der Waals surface area contributed by atoms with Gasteiger partial charge in [0.05, 0.1) is 0 Å². The van der Waals surface area contributed by atoms with Crippen molar-refractivity contribution in [3.63, 3.8) is 0 Å². The molecular weight excluding hydrogens is 396 g/mol. The van der Waals surface area contributed by atoms with Crippen LogP contribution in [0.4, 0.5) is 0 Å². The number of rotatable bonds is 7. The number of amides is 2. The SMILES string of the molecule is CSc1nccn1-c1ccc(C(=O)N(C)Cc2ccc(C(=O)NC3CC3)cc2)cc1. The molecule has 7 heteroatoms.